The zero-order valence-corrected chi connectivity index (χ0v) is 9.72. The second kappa shape index (κ2) is 5.16. The number of rotatable bonds is 4. The lowest BCUT2D eigenvalue weighted by molar-refractivity contribution is 0.537. The molecule has 0 bridgehead atoms. The number of aryl methyl sites for hydroxylation is 2. The molecule has 1 N–H and O–H groups in total. The van der Waals surface area contributed by atoms with E-state index >= 15 is 0 Å². The minimum atomic E-state index is 0.513. The second-order valence-corrected chi connectivity index (χ2v) is 3.94. The van der Waals surface area contributed by atoms with E-state index in [0.717, 1.165) is 13.0 Å². The van der Waals surface area contributed by atoms with Crippen LogP contribution < -0.4 is 5.32 Å². The van der Waals surface area contributed by atoms with Crippen LogP contribution in [0.3, 0.4) is 0 Å². The highest BCUT2D eigenvalue weighted by molar-refractivity contribution is 5.30. The van der Waals surface area contributed by atoms with Crippen LogP contribution in [-0.4, -0.2) is 6.54 Å². The summed E-state index contributed by atoms with van der Waals surface area (Å²) in [4.78, 5) is 0. The summed E-state index contributed by atoms with van der Waals surface area (Å²) < 4.78 is 0. The van der Waals surface area contributed by atoms with E-state index in [1.165, 1.54) is 16.7 Å². The van der Waals surface area contributed by atoms with E-state index in [4.69, 9.17) is 0 Å². The van der Waals surface area contributed by atoms with Crippen molar-refractivity contribution in [1.29, 1.82) is 0 Å². The first kappa shape index (κ1) is 11.3. The molecule has 1 heteroatoms. The maximum absolute atomic E-state index is 3.50. The van der Waals surface area contributed by atoms with Gasteiger partial charge in [0.25, 0.3) is 0 Å². The fourth-order valence-corrected chi connectivity index (χ4v) is 1.96. The molecule has 1 atom stereocenters. The van der Waals surface area contributed by atoms with Gasteiger partial charge >= 0.3 is 0 Å². The van der Waals surface area contributed by atoms with Gasteiger partial charge in [0, 0.05) is 6.04 Å². The van der Waals surface area contributed by atoms with Crippen molar-refractivity contribution in [2.45, 2.75) is 40.2 Å². The van der Waals surface area contributed by atoms with Gasteiger partial charge in [-0.3, -0.25) is 0 Å². The molecule has 0 aliphatic heterocycles. The monoisotopic (exact) mass is 191 g/mol. The van der Waals surface area contributed by atoms with Crippen LogP contribution in [0, 0.1) is 13.8 Å². The van der Waals surface area contributed by atoms with Gasteiger partial charge in [-0.25, -0.2) is 0 Å². The molecule has 0 fully saturated rings. The molecular weight excluding hydrogens is 170 g/mol. The van der Waals surface area contributed by atoms with Gasteiger partial charge in [-0.05, 0) is 32.4 Å². The Hall–Kier alpha value is -0.820. The van der Waals surface area contributed by atoms with Crippen molar-refractivity contribution >= 4 is 0 Å². The highest BCUT2D eigenvalue weighted by Crippen LogP contribution is 2.19. The van der Waals surface area contributed by atoms with Gasteiger partial charge in [-0.1, -0.05) is 43.2 Å². The van der Waals surface area contributed by atoms with Crippen LogP contribution in [0.2, 0.25) is 0 Å². The second-order valence-electron chi connectivity index (χ2n) is 3.94. The molecule has 0 aromatic heterocycles. The highest BCUT2D eigenvalue weighted by atomic mass is 14.9. The third kappa shape index (κ3) is 2.85. The van der Waals surface area contributed by atoms with E-state index in [1.54, 1.807) is 0 Å². The molecule has 0 heterocycles. The third-order valence-corrected chi connectivity index (χ3v) is 2.51. The zero-order valence-electron chi connectivity index (χ0n) is 9.72. The van der Waals surface area contributed by atoms with Crippen molar-refractivity contribution < 1.29 is 0 Å². The van der Waals surface area contributed by atoms with Crippen LogP contribution in [-0.2, 0) is 0 Å². The first-order valence-electron chi connectivity index (χ1n) is 5.49. The summed E-state index contributed by atoms with van der Waals surface area (Å²) in [6.45, 7) is 9.74. The predicted octanol–water partition coefficient (Wildman–Crippen LogP) is 3.36. The Bertz CT molecular complexity index is 271. The molecule has 78 valence electrons. The molecule has 0 saturated heterocycles. The zero-order chi connectivity index (χ0) is 10.6. The Labute approximate surface area is 87.5 Å². The van der Waals surface area contributed by atoms with Gasteiger partial charge in [0.15, 0.2) is 0 Å². The normalized spacial score (nSPS) is 12.9. The number of nitrogens with one attached hydrogen (secondary N) is 1. The minimum Gasteiger partial charge on any atom is -0.310 e. The minimum absolute atomic E-state index is 0.513. The molecule has 0 spiro atoms. The first-order valence-corrected chi connectivity index (χ1v) is 5.49. The Morgan fingerprint density at radius 1 is 1.07 bits per heavy atom. The lowest BCUT2D eigenvalue weighted by Crippen LogP contribution is -2.20. The molecule has 1 rings (SSSR count). The van der Waals surface area contributed by atoms with Crippen LogP contribution in [0.5, 0.6) is 0 Å². The third-order valence-electron chi connectivity index (χ3n) is 2.51. The van der Waals surface area contributed by atoms with Crippen LogP contribution in [0.4, 0.5) is 0 Å². The van der Waals surface area contributed by atoms with Crippen LogP contribution in [0.1, 0.15) is 43.0 Å². The molecule has 0 saturated carbocycles. The average Bonchev–Trinajstić information content (AvgIpc) is 2.12. The van der Waals surface area contributed by atoms with Crippen molar-refractivity contribution in [3.63, 3.8) is 0 Å². The summed E-state index contributed by atoms with van der Waals surface area (Å²) in [5, 5.41) is 3.50. The first-order chi connectivity index (χ1) is 6.67. The highest BCUT2D eigenvalue weighted by Gasteiger charge is 2.07. The quantitative estimate of drug-likeness (QED) is 0.769. The van der Waals surface area contributed by atoms with Gasteiger partial charge in [0.2, 0.25) is 0 Å². The van der Waals surface area contributed by atoms with Crippen molar-refractivity contribution in [2.24, 2.45) is 0 Å². The molecule has 0 amide bonds. The Balaban J connectivity index is 2.91. The van der Waals surface area contributed by atoms with E-state index in [0.29, 0.717) is 6.04 Å². The summed E-state index contributed by atoms with van der Waals surface area (Å²) in [5.41, 5.74) is 4.14. The van der Waals surface area contributed by atoms with E-state index in [9.17, 15) is 0 Å². The summed E-state index contributed by atoms with van der Waals surface area (Å²) in [5.74, 6) is 0. The molecular formula is C13H21N. The summed E-state index contributed by atoms with van der Waals surface area (Å²) in [6, 6.07) is 7.30. The summed E-state index contributed by atoms with van der Waals surface area (Å²) >= 11 is 0. The smallest absolute Gasteiger partial charge is 0.0317 e. The fourth-order valence-electron chi connectivity index (χ4n) is 1.96. The average molecular weight is 191 g/mol. The van der Waals surface area contributed by atoms with E-state index in [-0.39, 0.29) is 0 Å². The van der Waals surface area contributed by atoms with E-state index in [1.807, 2.05) is 0 Å². The van der Waals surface area contributed by atoms with Gasteiger partial charge < -0.3 is 5.32 Å². The maximum Gasteiger partial charge on any atom is 0.0317 e. The SMILES string of the molecule is CCNC(CC)c1cc(C)cc(C)c1. The molecule has 1 aromatic carbocycles. The number of hydrogen-bond acceptors (Lipinski definition) is 1. The lowest BCUT2D eigenvalue weighted by atomic mass is 10.00. The molecule has 14 heavy (non-hydrogen) atoms. The Kier molecular flexibility index (Phi) is 4.15. The van der Waals surface area contributed by atoms with Crippen LogP contribution >= 0.6 is 0 Å². The Morgan fingerprint density at radius 2 is 1.64 bits per heavy atom. The lowest BCUT2D eigenvalue weighted by Gasteiger charge is -2.17. The number of hydrogen-bond donors (Lipinski definition) is 1. The van der Waals surface area contributed by atoms with Crippen molar-refractivity contribution in [1.82, 2.24) is 5.32 Å². The van der Waals surface area contributed by atoms with Gasteiger partial charge in [-0.2, -0.15) is 0 Å². The molecule has 0 radical (unpaired) electrons. The van der Waals surface area contributed by atoms with E-state index < -0.39 is 0 Å². The van der Waals surface area contributed by atoms with Crippen LogP contribution in [0.25, 0.3) is 0 Å². The number of benzene rings is 1. The van der Waals surface area contributed by atoms with Gasteiger partial charge in [0.05, 0.1) is 0 Å². The van der Waals surface area contributed by atoms with Crippen molar-refractivity contribution in [2.75, 3.05) is 6.54 Å². The topological polar surface area (TPSA) is 12.0 Å². The van der Waals surface area contributed by atoms with Crippen molar-refractivity contribution in [3.05, 3.63) is 34.9 Å². The molecule has 1 unspecified atom stereocenters. The van der Waals surface area contributed by atoms with Crippen molar-refractivity contribution in [3.8, 4) is 0 Å². The predicted molar refractivity (Wildman–Crippen MR) is 62.6 cm³/mol. The molecule has 1 nitrogen and oxygen atoms in total. The molecule has 0 aliphatic rings. The summed E-state index contributed by atoms with van der Waals surface area (Å²) in [6.07, 6.45) is 1.15. The van der Waals surface area contributed by atoms with Gasteiger partial charge in [0.1, 0.15) is 0 Å². The Morgan fingerprint density at radius 3 is 2.07 bits per heavy atom. The van der Waals surface area contributed by atoms with E-state index in [2.05, 4.69) is 51.2 Å². The largest absolute Gasteiger partial charge is 0.310 e. The fraction of sp³-hybridized carbons (Fsp3) is 0.538. The molecule has 0 aliphatic carbocycles. The summed E-state index contributed by atoms with van der Waals surface area (Å²) in [7, 11) is 0. The molecule has 1 aromatic rings. The standard InChI is InChI=1S/C13H21N/c1-5-13(14-6-2)12-8-10(3)7-11(4)9-12/h7-9,13-14H,5-6H2,1-4H3. The van der Waals surface area contributed by atoms with Gasteiger partial charge in [-0.15, -0.1) is 0 Å². The maximum atomic E-state index is 3.50. The van der Waals surface area contributed by atoms with Crippen LogP contribution in [0.15, 0.2) is 18.2 Å².